The van der Waals surface area contributed by atoms with Gasteiger partial charge in [-0.1, -0.05) is 0 Å². The highest BCUT2D eigenvalue weighted by Crippen LogP contribution is 2.09. The molecular weight excluding hydrogens is 128 g/mol. The van der Waals surface area contributed by atoms with Gasteiger partial charge >= 0.3 is 0 Å². The third kappa shape index (κ3) is 2.33. The molecule has 0 aliphatic carbocycles. The van der Waals surface area contributed by atoms with Gasteiger partial charge in [0.05, 0.1) is 0 Å². The van der Waals surface area contributed by atoms with E-state index in [2.05, 4.69) is 4.99 Å². The summed E-state index contributed by atoms with van der Waals surface area (Å²) < 4.78 is 23.4. The summed E-state index contributed by atoms with van der Waals surface area (Å²) in [5.41, 5.74) is -1.50. The smallest absolute Gasteiger partial charge is 0.235 e. The zero-order chi connectivity index (χ0) is 7.33. The molecule has 0 spiro atoms. The Bertz CT molecular complexity index is 127. The highest BCUT2D eigenvalue weighted by atomic mass is 19.1. The van der Waals surface area contributed by atoms with Gasteiger partial charge in [-0.05, 0) is 6.92 Å². The first-order chi connectivity index (χ1) is 4.18. The molecule has 0 saturated heterocycles. The molecule has 0 atom stereocenters. The molecule has 0 rings (SSSR count). The van der Waals surface area contributed by atoms with E-state index in [4.69, 9.17) is 0 Å². The van der Waals surface area contributed by atoms with Crippen LogP contribution in [0.3, 0.4) is 0 Å². The summed E-state index contributed by atoms with van der Waals surface area (Å²) in [6.07, 6.45) is 1.11. The van der Waals surface area contributed by atoms with E-state index in [-0.39, 0.29) is 0 Å². The number of hydrogen-bond acceptors (Lipinski definition) is 2. The van der Waals surface area contributed by atoms with Crippen molar-refractivity contribution in [1.82, 2.24) is 0 Å². The van der Waals surface area contributed by atoms with Gasteiger partial charge in [0.1, 0.15) is 18.9 Å². The highest BCUT2D eigenvalue weighted by Gasteiger charge is 2.22. The minimum Gasteiger partial charge on any atom is -0.248 e. The summed E-state index contributed by atoms with van der Waals surface area (Å²) in [5.74, 6) is 0. The van der Waals surface area contributed by atoms with E-state index < -0.39 is 18.9 Å². The number of aliphatic imine (C=N–C) groups is 1. The molecule has 0 aromatic heterocycles. The molecule has 0 saturated carbocycles. The lowest BCUT2D eigenvalue weighted by Gasteiger charge is -2.12. The minimum absolute atomic E-state index is 0.973. The fourth-order valence-electron chi connectivity index (χ4n) is 0.206. The SMILES string of the molecule is CC(CF)(CF)N=C=O. The molecule has 9 heavy (non-hydrogen) atoms. The number of isocyanates is 1. The average molecular weight is 135 g/mol. The summed E-state index contributed by atoms with van der Waals surface area (Å²) in [6.45, 7) is -0.741. The number of halogens is 2. The Morgan fingerprint density at radius 1 is 1.56 bits per heavy atom. The first kappa shape index (κ1) is 8.24. The van der Waals surface area contributed by atoms with Crippen LogP contribution in [0.1, 0.15) is 6.92 Å². The fourth-order valence-corrected chi connectivity index (χ4v) is 0.206. The number of alkyl halides is 2. The van der Waals surface area contributed by atoms with Crippen LogP contribution >= 0.6 is 0 Å². The van der Waals surface area contributed by atoms with E-state index >= 15 is 0 Å². The molecule has 0 N–H and O–H groups in total. The Labute approximate surface area is 51.6 Å². The summed E-state index contributed by atoms with van der Waals surface area (Å²) in [7, 11) is 0. The van der Waals surface area contributed by atoms with Crippen molar-refractivity contribution in [2.24, 2.45) is 4.99 Å². The van der Waals surface area contributed by atoms with E-state index in [0.717, 1.165) is 6.08 Å². The van der Waals surface area contributed by atoms with Crippen molar-refractivity contribution in [2.75, 3.05) is 13.3 Å². The molecule has 0 fully saturated rings. The lowest BCUT2D eigenvalue weighted by molar-refractivity contribution is 0.263. The van der Waals surface area contributed by atoms with Crippen LogP contribution in [0.15, 0.2) is 4.99 Å². The molecule has 2 nitrogen and oxygen atoms in total. The highest BCUT2D eigenvalue weighted by molar-refractivity contribution is 5.34. The Hall–Kier alpha value is -0.760. The van der Waals surface area contributed by atoms with Gasteiger partial charge in [0.2, 0.25) is 6.08 Å². The molecule has 0 aliphatic rings. The monoisotopic (exact) mass is 135 g/mol. The molecule has 0 unspecified atom stereocenters. The van der Waals surface area contributed by atoms with Crippen molar-refractivity contribution in [2.45, 2.75) is 12.5 Å². The first-order valence-electron chi connectivity index (χ1n) is 2.39. The molecule has 52 valence electrons. The molecule has 0 amide bonds. The van der Waals surface area contributed by atoms with Gasteiger partial charge < -0.3 is 0 Å². The molecule has 0 aliphatic heterocycles. The van der Waals surface area contributed by atoms with Crippen LogP contribution in [0.5, 0.6) is 0 Å². The van der Waals surface area contributed by atoms with Gasteiger partial charge in [0.15, 0.2) is 0 Å². The predicted molar refractivity (Wildman–Crippen MR) is 28.5 cm³/mol. The number of carbonyl (C=O) groups excluding carboxylic acids is 1. The quantitative estimate of drug-likeness (QED) is 0.419. The Kier molecular flexibility index (Phi) is 3.02. The normalized spacial score (nSPS) is 10.6. The second kappa shape index (κ2) is 3.30. The average Bonchev–Trinajstić information content (AvgIpc) is 1.89. The van der Waals surface area contributed by atoms with Gasteiger partial charge in [-0.15, -0.1) is 0 Å². The molecule has 4 heteroatoms. The molecular formula is C5H7F2NO. The van der Waals surface area contributed by atoms with Crippen LogP contribution in [-0.2, 0) is 4.79 Å². The first-order valence-corrected chi connectivity index (χ1v) is 2.39. The van der Waals surface area contributed by atoms with E-state index in [1.807, 2.05) is 0 Å². The maximum absolute atomic E-state index is 11.7. The maximum atomic E-state index is 11.7. The third-order valence-electron chi connectivity index (χ3n) is 0.891. The topological polar surface area (TPSA) is 29.4 Å². The van der Waals surface area contributed by atoms with Crippen LogP contribution < -0.4 is 0 Å². The van der Waals surface area contributed by atoms with E-state index in [1.54, 1.807) is 0 Å². The van der Waals surface area contributed by atoms with Crippen molar-refractivity contribution in [3.63, 3.8) is 0 Å². The third-order valence-corrected chi connectivity index (χ3v) is 0.891. The Balaban J connectivity index is 4.08. The second-order valence-electron chi connectivity index (χ2n) is 1.97. The van der Waals surface area contributed by atoms with Gasteiger partial charge in [-0.3, -0.25) is 0 Å². The molecule has 0 radical (unpaired) electrons. The van der Waals surface area contributed by atoms with Crippen molar-refractivity contribution >= 4 is 6.08 Å². The van der Waals surface area contributed by atoms with E-state index in [0.29, 0.717) is 0 Å². The minimum atomic E-state index is -1.50. The molecule has 0 aromatic rings. The van der Waals surface area contributed by atoms with Crippen LogP contribution in [0.4, 0.5) is 8.78 Å². The summed E-state index contributed by atoms with van der Waals surface area (Å²) in [4.78, 5) is 12.5. The van der Waals surface area contributed by atoms with Crippen LogP contribution in [0, 0.1) is 0 Å². The van der Waals surface area contributed by atoms with Crippen LogP contribution in [-0.4, -0.2) is 25.0 Å². The zero-order valence-electron chi connectivity index (χ0n) is 5.03. The molecule has 0 aromatic carbocycles. The standard InChI is InChI=1S/C5H7F2NO/c1-5(2-6,3-7)8-4-9/h2-3H2,1H3. The van der Waals surface area contributed by atoms with Gasteiger partial charge in [-0.25, -0.2) is 13.6 Å². The number of rotatable bonds is 3. The van der Waals surface area contributed by atoms with Gasteiger partial charge in [0, 0.05) is 0 Å². The van der Waals surface area contributed by atoms with Crippen molar-refractivity contribution in [3.05, 3.63) is 0 Å². The van der Waals surface area contributed by atoms with Crippen LogP contribution in [0.2, 0.25) is 0 Å². The Morgan fingerprint density at radius 3 is 2.11 bits per heavy atom. The summed E-state index contributed by atoms with van der Waals surface area (Å²) in [5, 5.41) is 0. The second-order valence-corrected chi connectivity index (χ2v) is 1.97. The lowest BCUT2D eigenvalue weighted by Crippen LogP contribution is -2.26. The molecule has 0 bridgehead atoms. The summed E-state index contributed by atoms with van der Waals surface area (Å²) >= 11 is 0. The Morgan fingerprint density at radius 2 is 2.00 bits per heavy atom. The fraction of sp³-hybridized carbons (Fsp3) is 0.800. The predicted octanol–water partition coefficient (Wildman–Crippen LogP) is 1.02. The molecule has 0 heterocycles. The lowest BCUT2D eigenvalue weighted by atomic mass is 10.1. The van der Waals surface area contributed by atoms with E-state index in [1.165, 1.54) is 6.92 Å². The number of nitrogens with zero attached hydrogens (tertiary/aromatic N) is 1. The number of hydrogen-bond donors (Lipinski definition) is 0. The maximum Gasteiger partial charge on any atom is 0.235 e. The van der Waals surface area contributed by atoms with Gasteiger partial charge in [-0.2, -0.15) is 4.99 Å². The van der Waals surface area contributed by atoms with Crippen LogP contribution in [0.25, 0.3) is 0 Å². The van der Waals surface area contributed by atoms with Crippen molar-refractivity contribution in [1.29, 1.82) is 0 Å². The van der Waals surface area contributed by atoms with Gasteiger partial charge in [0.25, 0.3) is 0 Å². The summed E-state index contributed by atoms with van der Waals surface area (Å²) in [6, 6.07) is 0. The largest absolute Gasteiger partial charge is 0.248 e. The van der Waals surface area contributed by atoms with E-state index in [9.17, 15) is 13.6 Å². The van der Waals surface area contributed by atoms with Crippen molar-refractivity contribution < 1.29 is 13.6 Å². The zero-order valence-corrected chi connectivity index (χ0v) is 5.03. The van der Waals surface area contributed by atoms with Crippen molar-refractivity contribution in [3.8, 4) is 0 Å².